The molecular formula is C19H17F2NO4. The van der Waals surface area contributed by atoms with Gasteiger partial charge in [-0.25, -0.2) is 8.78 Å². The van der Waals surface area contributed by atoms with E-state index in [9.17, 15) is 18.4 Å². The first-order valence-corrected chi connectivity index (χ1v) is 8.02. The van der Waals surface area contributed by atoms with Gasteiger partial charge in [0.1, 0.15) is 29.9 Å². The van der Waals surface area contributed by atoms with Gasteiger partial charge in [-0.1, -0.05) is 30.3 Å². The van der Waals surface area contributed by atoms with Crippen molar-refractivity contribution in [2.75, 3.05) is 13.7 Å². The predicted molar refractivity (Wildman–Crippen MR) is 88.4 cm³/mol. The highest BCUT2D eigenvalue weighted by Gasteiger charge is 2.44. The fourth-order valence-corrected chi connectivity index (χ4v) is 3.03. The van der Waals surface area contributed by atoms with Crippen LogP contribution < -0.4 is 10.1 Å². The topological polar surface area (TPSA) is 64.6 Å². The number of carbonyl (C=O) groups excluding carboxylic acids is 2. The second-order valence-corrected chi connectivity index (χ2v) is 5.93. The number of benzene rings is 2. The van der Waals surface area contributed by atoms with Crippen LogP contribution in [0.3, 0.4) is 0 Å². The Bertz CT molecular complexity index is 803. The van der Waals surface area contributed by atoms with Crippen molar-refractivity contribution in [3.05, 3.63) is 65.2 Å². The van der Waals surface area contributed by atoms with Crippen molar-refractivity contribution in [1.29, 1.82) is 0 Å². The summed E-state index contributed by atoms with van der Waals surface area (Å²) in [6.45, 7) is 0.115. The molecule has 136 valence electrons. The number of halogens is 2. The summed E-state index contributed by atoms with van der Waals surface area (Å²) in [6.07, 6.45) is 0. The van der Waals surface area contributed by atoms with Crippen molar-refractivity contribution in [3.8, 4) is 5.75 Å². The number of methoxy groups -OCH3 is 1. The van der Waals surface area contributed by atoms with E-state index in [0.29, 0.717) is 0 Å². The second kappa shape index (κ2) is 7.51. The average molecular weight is 361 g/mol. The summed E-state index contributed by atoms with van der Waals surface area (Å²) >= 11 is 0. The molecule has 0 aliphatic carbocycles. The molecule has 0 saturated carbocycles. The van der Waals surface area contributed by atoms with Crippen LogP contribution in [0.5, 0.6) is 5.75 Å². The number of carbonyl (C=O) groups is 2. The highest BCUT2D eigenvalue weighted by molar-refractivity contribution is 6.00. The number of ether oxygens (including phenoxy) is 2. The number of hydrogen-bond donors (Lipinski definition) is 1. The summed E-state index contributed by atoms with van der Waals surface area (Å²) in [7, 11) is 1.12. The second-order valence-electron chi connectivity index (χ2n) is 5.93. The molecule has 1 N–H and O–H groups in total. The van der Waals surface area contributed by atoms with Crippen molar-refractivity contribution in [2.45, 2.75) is 12.5 Å². The van der Waals surface area contributed by atoms with E-state index in [1.807, 2.05) is 30.3 Å². The van der Waals surface area contributed by atoms with Crippen LogP contribution in [0.15, 0.2) is 42.5 Å². The first-order chi connectivity index (χ1) is 12.5. The maximum atomic E-state index is 14.5. The Morgan fingerprint density at radius 2 is 1.85 bits per heavy atom. The summed E-state index contributed by atoms with van der Waals surface area (Å²) in [4.78, 5) is 23.6. The van der Waals surface area contributed by atoms with E-state index < -0.39 is 35.3 Å². The fourth-order valence-electron chi connectivity index (χ4n) is 3.03. The monoisotopic (exact) mass is 361 g/mol. The van der Waals surface area contributed by atoms with E-state index >= 15 is 0 Å². The standard InChI is InChI=1S/C19H17F2NO4/c1-25-19(24)17-13(9-22-18(17)23)16-14(20)7-12(8-15(16)21)26-10-11-5-3-2-4-6-11/h2-8,13,17H,9-10H2,1H3,(H,22,23)/t13-,17-/m0/s1. The van der Waals surface area contributed by atoms with Gasteiger partial charge in [0.25, 0.3) is 0 Å². The minimum Gasteiger partial charge on any atom is -0.489 e. The lowest BCUT2D eigenvalue weighted by molar-refractivity contribution is -0.149. The number of amides is 1. The van der Waals surface area contributed by atoms with Crippen LogP contribution >= 0.6 is 0 Å². The Morgan fingerprint density at radius 3 is 2.46 bits per heavy atom. The first-order valence-electron chi connectivity index (χ1n) is 8.02. The molecule has 7 heteroatoms. The van der Waals surface area contributed by atoms with Crippen LogP contribution in [-0.2, 0) is 20.9 Å². The largest absolute Gasteiger partial charge is 0.489 e. The lowest BCUT2D eigenvalue weighted by Crippen LogP contribution is -2.28. The summed E-state index contributed by atoms with van der Waals surface area (Å²) in [5.74, 6) is -5.40. The minimum atomic E-state index is -1.28. The zero-order valence-corrected chi connectivity index (χ0v) is 14.0. The highest BCUT2D eigenvalue weighted by atomic mass is 19.1. The Hall–Kier alpha value is -2.96. The SMILES string of the molecule is COC(=O)[C@@H]1C(=O)NC[C@H]1c1c(F)cc(OCc2ccccc2)cc1F. The Balaban J connectivity index is 1.83. The zero-order chi connectivity index (χ0) is 18.7. The van der Waals surface area contributed by atoms with Crippen molar-refractivity contribution >= 4 is 11.9 Å². The smallest absolute Gasteiger partial charge is 0.318 e. The fraction of sp³-hybridized carbons (Fsp3) is 0.263. The lowest BCUT2D eigenvalue weighted by Gasteiger charge is -2.17. The normalized spacial score (nSPS) is 19.1. The van der Waals surface area contributed by atoms with Crippen LogP contribution in [0.4, 0.5) is 8.78 Å². The molecule has 1 fully saturated rings. The van der Waals surface area contributed by atoms with Crippen molar-refractivity contribution in [1.82, 2.24) is 5.32 Å². The molecule has 0 aromatic heterocycles. The van der Waals surface area contributed by atoms with Gasteiger partial charge in [0, 0.05) is 30.2 Å². The molecule has 1 aliphatic heterocycles. The number of hydrogen-bond acceptors (Lipinski definition) is 4. The molecule has 1 aliphatic rings. The van der Waals surface area contributed by atoms with Gasteiger partial charge in [-0.05, 0) is 5.56 Å². The van der Waals surface area contributed by atoms with Gasteiger partial charge in [0.05, 0.1) is 7.11 Å². The molecule has 2 atom stereocenters. The van der Waals surface area contributed by atoms with E-state index in [2.05, 4.69) is 10.1 Å². The van der Waals surface area contributed by atoms with E-state index in [1.165, 1.54) is 0 Å². The number of nitrogens with one attached hydrogen (secondary N) is 1. The van der Waals surface area contributed by atoms with Gasteiger partial charge in [-0.15, -0.1) is 0 Å². The Labute approximate surface area is 148 Å². The maximum absolute atomic E-state index is 14.5. The van der Waals surface area contributed by atoms with Crippen LogP contribution in [0, 0.1) is 17.6 Å². The molecule has 1 saturated heterocycles. The Kier molecular flexibility index (Phi) is 5.16. The molecule has 5 nitrogen and oxygen atoms in total. The molecule has 2 aromatic rings. The van der Waals surface area contributed by atoms with Gasteiger partial charge in [0.15, 0.2) is 0 Å². The third-order valence-electron chi connectivity index (χ3n) is 4.31. The molecule has 0 bridgehead atoms. The minimum absolute atomic E-state index is 0.0273. The van der Waals surface area contributed by atoms with Crippen LogP contribution in [0.2, 0.25) is 0 Å². The molecule has 1 heterocycles. The van der Waals surface area contributed by atoms with Gasteiger partial charge in [0.2, 0.25) is 5.91 Å². The van der Waals surface area contributed by atoms with Crippen LogP contribution in [0.1, 0.15) is 17.0 Å². The Morgan fingerprint density at radius 1 is 1.19 bits per heavy atom. The van der Waals surface area contributed by atoms with E-state index in [4.69, 9.17) is 4.74 Å². The molecule has 0 spiro atoms. The number of rotatable bonds is 5. The highest BCUT2D eigenvalue weighted by Crippen LogP contribution is 2.35. The summed E-state index contributed by atoms with van der Waals surface area (Å²) in [5, 5.41) is 2.44. The lowest BCUT2D eigenvalue weighted by atomic mass is 9.87. The van der Waals surface area contributed by atoms with Crippen molar-refractivity contribution in [2.24, 2.45) is 5.92 Å². The maximum Gasteiger partial charge on any atom is 0.318 e. The van der Waals surface area contributed by atoms with Gasteiger partial charge in [-0.3, -0.25) is 9.59 Å². The molecular weight excluding hydrogens is 344 g/mol. The number of esters is 1. The van der Waals surface area contributed by atoms with Gasteiger partial charge >= 0.3 is 5.97 Å². The molecule has 26 heavy (non-hydrogen) atoms. The van der Waals surface area contributed by atoms with Crippen molar-refractivity contribution in [3.63, 3.8) is 0 Å². The summed E-state index contributed by atoms with van der Waals surface area (Å²) in [6, 6.07) is 11.3. The summed E-state index contributed by atoms with van der Waals surface area (Å²) in [5.41, 5.74) is 0.527. The average Bonchev–Trinajstić information content (AvgIpc) is 3.01. The van der Waals surface area contributed by atoms with Gasteiger partial charge < -0.3 is 14.8 Å². The molecule has 1 amide bonds. The molecule has 3 rings (SSSR count). The molecule has 2 aromatic carbocycles. The molecule has 0 unspecified atom stereocenters. The van der Waals surface area contributed by atoms with E-state index in [1.54, 1.807) is 0 Å². The predicted octanol–water partition coefficient (Wildman–Crippen LogP) is 2.55. The van der Waals surface area contributed by atoms with Crippen molar-refractivity contribution < 1.29 is 27.8 Å². The van der Waals surface area contributed by atoms with Crippen LogP contribution in [0.25, 0.3) is 0 Å². The zero-order valence-electron chi connectivity index (χ0n) is 14.0. The third-order valence-corrected chi connectivity index (χ3v) is 4.31. The van der Waals surface area contributed by atoms with Crippen LogP contribution in [-0.4, -0.2) is 25.5 Å². The first kappa shape index (κ1) is 17.8. The van der Waals surface area contributed by atoms with Gasteiger partial charge in [-0.2, -0.15) is 0 Å². The van der Waals surface area contributed by atoms with E-state index in [-0.39, 0.29) is 24.5 Å². The molecule has 0 radical (unpaired) electrons. The van der Waals surface area contributed by atoms with E-state index in [0.717, 1.165) is 24.8 Å². The third kappa shape index (κ3) is 3.51. The summed E-state index contributed by atoms with van der Waals surface area (Å²) < 4.78 is 39.1. The quantitative estimate of drug-likeness (QED) is 0.657.